The van der Waals surface area contributed by atoms with Gasteiger partial charge in [0.15, 0.2) is 0 Å². The minimum Gasteiger partial charge on any atom is -0.457 e. The first-order valence-corrected chi connectivity index (χ1v) is 7.44. The van der Waals surface area contributed by atoms with E-state index < -0.39 is 0 Å². The van der Waals surface area contributed by atoms with Crippen molar-refractivity contribution in [3.8, 4) is 11.5 Å². The quantitative estimate of drug-likeness (QED) is 0.762. The molecule has 0 N–H and O–H groups in total. The molecule has 0 unspecified atom stereocenters. The average molecular weight is 282 g/mol. The number of hydrogen-bond acceptors (Lipinski definition) is 3. The molecule has 0 bridgehead atoms. The van der Waals surface area contributed by atoms with E-state index in [9.17, 15) is 0 Å². The van der Waals surface area contributed by atoms with Crippen LogP contribution in [0.5, 0.6) is 11.5 Å². The molecular formula is C18H18O3. The Kier molecular flexibility index (Phi) is 3.37. The fourth-order valence-corrected chi connectivity index (χ4v) is 2.42. The summed E-state index contributed by atoms with van der Waals surface area (Å²) in [7, 11) is 0. The molecule has 3 nitrogen and oxygen atoms in total. The van der Waals surface area contributed by atoms with Crippen molar-refractivity contribution >= 4 is 0 Å². The summed E-state index contributed by atoms with van der Waals surface area (Å²) in [6.45, 7) is 1.80. The Morgan fingerprint density at radius 2 is 1.10 bits per heavy atom. The highest BCUT2D eigenvalue weighted by Gasteiger charge is 2.23. The molecule has 2 atom stereocenters. The van der Waals surface area contributed by atoms with Gasteiger partial charge in [-0.15, -0.1) is 0 Å². The van der Waals surface area contributed by atoms with Gasteiger partial charge in [0.1, 0.15) is 11.5 Å². The van der Waals surface area contributed by atoms with Gasteiger partial charge in [-0.2, -0.15) is 0 Å². The lowest BCUT2D eigenvalue weighted by atomic mass is 10.1. The van der Waals surface area contributed by atoms with Crippen molar-refractivity contribution in [3.05, 3.63) is 59.7 Å². The maximum atomic E-state index is 5.87. The van der Waals surface area contributed by atoms with Crippen LogP contribution in [0.1, 0.15) is 11.1 Å². The number of ether oxygens (including phenoxy) is 3. The Hall–Kier alpha value is -1.84. The molecule has 0 saturated carbocycles. The summed E-state index contributed by atoms with van der Waals surface area (Å²) in [6, 6.07) is 16.5. The third-order valence-electron chi connectivity index (χ3n) is 3.81. The molecule has 3 heteroatoms. The second kappa shape index (κ2) is 5.51. The SMILES string of the molecule is c1cc(Oc2ccc(C[C@@H]3CO3)cc2)ccc1C[C@@H]1CO1. The average Bonchev–Trinajstić information content (AvgIpc) is 3.40. The zero-order valence-corrected chi connectivity index (χ0v) is 11.8. The molecule has 2 aromatic rings. The zero-order chi connectivity index (χ0) is 14.1. The Labute approximate surface area is 124 Å². The maximum absolute atomic E-state index is 5.87. The third kappa shape index (κ3) is 3.63. The standard InChI is InChI=1S/C18H18O3/c1-5-15(6-2-13(1)9-17-11-19-17)21-16-7-3-14(4-8-16)10-18-12-20-18/h1-8,17-18H,9-12H2/t17-,18-/m1/s1. The summed E-state index contributed by atoms with van der Waals surface area (Å²) in [5.74, 6) is 1.74. The molecule has 4 rings (SSSR count). The van der Waals surface area contributed by atoms with Crippen LogP contribution in [0.2, 0.25) is 0 Å². The van der Waals surface area contributed by atoms with Crippen molar-refractivity contribution in [2.75, 3.05) is 13.2 Å². The van der Waals surface area contributed by atoms with Crippen LogP contribution in [-0.4, -0.2) is 25.4 Å². The molecule has 108 valence electrons. The Morgan fingerprint density at radius 1 is 0.714 bits per heavy atom. The Balaban J connectivity index is 1.37. The van der Waals surface area contributed by atoms with Gasteiger partial charge in [0.05, 0.1) is 25.4 Å². The normalized spacial score (nSPS) is 22.9. The van der Waals surface area contributed by atoms with Gasteiger partial charge in [-0.1, -0.05) is 24.3 Å². The van der Waals surface area contributed by atoms with Gasteiger partial charge in [0.2, 0.25) is 0 Å². The van der Waals surface area contributed by atoms with E-state index in [0.29, 0.717) is 12.2 Å². The molecule has 2 aliphatic rings. The molecule has 2 saturated heterocycles. The Morgan fingerprint density at radius 3 is 1.43 bits per heavy atom. The first-order valence-electron chi connectivity index (χ1n) is 7.44. The highest BCUT2D eigenvalue weighted by Crippen LogP contribution is 2.25. The topological polar surface area (TPSA) is 34.3 Å². The molecule has 2 aliphatic heterocycles. The lowest BCUT2D eigenvalue weighted by Crippen LogP contribution is -1.93. The lowest BCUT2D eigenvalue weighted by molar-refractivity contribution is 0.407. The predicted octanol–water partition coefficient (Wildman–Crippen LogP) is 3.36. The van der Waals surface area contributed by atoms with Gasteiger partial charge in [0.25, 0.3) is 0 Å². The number of benzene rings is 2. The summed E-state index contributed by atoms with van der Waals surface area (Å²) in [5, 5.41) is 0. The van der Waals surface area contributed by atoms with Crippen LogP contribution < -0.4 is 4.74 Å². The van der Waals surface area contributed by atoms with Crippen LogP contribution in [0.4, 0.5) is 0 Å². The van der Waals surface area contributed by atoms with Crippen molar-refractivity contribution in [2.24, 2.45) is 0 Å². The zero-order valence-electron chi connectivity index (χ0n) is 11.8. The predicted molar refractivity (Wildman–Crippen MR) is 79.8 cm³/mol. The minimum absolute atomic E-state index is 0.430. The second-order valence-electron chi connectivity index (χ2n) is 5.71. The second-order valence-corrected chi connectivity index (χ2v) is 5.71. The first-order chi connectivity index (χ1) is 10.3. The molecule has 2 aromatic carbocycles. The van der Waals surface area contributed by atoms with E-state index >= 15 is 0 Å². The molecule has 0 spiro atoms. The highest BCUT2D eigenvalue weighted by atomic mass is 16.6. The van der Waals surface area contributed by atoms with Crippen LogP contribution >= 0.6 is 0 Å². The van der Waals surface area contributed by atoms with Crippen molar-refractivity contribution in [2.45, 2.75) is 25.0 Å². The minimum atomic E-state index is 0.430. The summed E-state index contributed by atoms with van der Waals surface area (Å²) >= 11 is 0. The largest absolute Gasteiger partial charge is 0.457 e. The Bertz CT molecular complexity index is 540. The number of rotatable bonds is 6. The molecule has 21 heavy (non-hydrogen) atoms. The van der Waals surface area contributed by atoms with Crippen LogP contribution in [0.25, 0.3) is 0 Å². The van der Waals surface area contributed by atoms with Crippen LogP contribution in [0.15, 0.2) is 48.5 Å². The van der Waals surface area contributed by atoms with Crippen LogP contribution in [0, 0.1) is 0 Å². The first kappa shape index (κ1) is 12.9. The summed E-state index contributed by atoms with van der Waals surface area (Å²) in [5.41, 5.74) is 2.59. The van der Waals surface area contributed by atoms with Gasteiger partial charge in [-0.05, 0) is 35.4 Å². The molecule has 0 amide bonds. The molecule has 2 heterocycles. The van der Waals surface area contributed by atoms with Crippen molar-refractivity contribution in [1.29, 1.82) is 0 Å². The van der Waals surface area contributed by atoms with E-state index in [-0.39, 0.29) is 0 Å². The van der Waals surface area contributed by atoms with Crippen LogP contribution in [0.3, 0.4) is 0 Å². The van der Waals surface area contributed by atoms with E-state index in [4.69, 9.17) is 14.2 Å². The van der Waals surface area contributed by atoms with Crippen molar-refractivity contribution < 1.29 is 14.2 Å². The number of hydrogen-bond donors (Lipinski definition) is 0. The monoisotopic (exact) mass is 282 g/mol. The van der Waals surface area contributed by atoms with Gasteiger partial charge in [-0.3, -0.25) is 0 Å². The fourth-order valence-electron chi connectivity index (χ4n) is 2.42. The van der Waals surface area contributed by atoms with E-state index in [1.165, 1.54) is 11.1 Å². The maximum Gasteiger partial charge on any atom is 0.127 e. The third-order valence-corrected chi connectivity index (χ3v) is 3.81. The highest BCUT2D eigenvalue weighted by molar-refractivity contribution is 5.35. The summed E-state index contributed by atoms with van der Waals surface area (Å²) in [6.07, 6.45) is 2.86. The van der Waals surface area contributed by atoms with E-state index in [0.717, 1.165) is 37.6 Å². The molecule has 2 fully saturated rings. The summed E-state index contributed by atoms with van der Waals surface area (Å²) in [4.78, 5) is 0. The number of epoxide rings is 2. The van der Waals surface area contributed by atoms with Crippen molar-refractivity contribution in [1.82, 2.24) is 0 Å². The summed E-state index contributed by atoms with van der Waals surface area (Å²) < 4.78 is 16.3. The smallest absolute Gasteiger partial charge is 0.127 e. The van der Waals surface area contributed by atoms with Gasteiger partial charge >= 0.3 is 0 Å². The van der Waals surface area contributed by atoms with Gasteiger partial charge < -0.3 is 14.2 Å². The van der Waals surface area contributed by atoms with E-state index in [2.05, 4.69) is 24.3 Å². The molecular weight excluding hydrogens is 264 g/mol. The van der Waals surface area contributed by atoms with E-state index in [1.54, 1.807) is 0 Å². The van der Waals surface area contributed by atoms with E-state index in [1.807, 2.05) is 24.3 Å². The molecule has 0 aliphatic carbocycles. The van der Waals surface area contributed by atoms with Crippen molar-refractivity contribution in [3.63, 3.8) is 0 Å². The fraction of sp³-hybridized carbons (Fsp3) is 0.333. The van der Waals surface area contributed by atoms with Gasteiger partial charge in [0, 0.05) is 12.8 Å². The molecule has 0 aromatic heterocycles. The van der Waals surface area contributed by atoms with Crippen LogP contribution in [-0.2, 0) is 22.3 Å². The molecule has 0 radical (unpaired) electrons. The lowest BCUT2D eigenvalue weighted by Gasteiger charge is -2.07. The van der Waals surface area contributed by atoms with Gasteiger partial charge in [-0.25, -0.2) is 0 Å².